The van der Waals surface area contributed by atoms with Crippen LogP contribution in [0.25, 0.3) is 10.9 Å². The molecule has 0 radical (unpaired) electrons. The van der Waals surface area contributed by atoms with E-state index in [2.05, 4.69) is 46.4 Å². The number of para-hydroxylation sites is 1. The molecule has 0 saturated carbocycles. The van der Waals surface area contributed by atoms with Gasteiger partial charge in [0.15, 0.2) is 11.5 Å². The molecule has 0 aliphatic carbocycles. The third-order valence-corrected chi connectivity index (χ3v) is 5.85. The van der Waals surface area contributed by atoms with Gasteiger partial charge in [-0.1, -0.05) is 18.2 Å². The SMILES string of the molecule is COc1cc2c(cc1OC)C(Cc1c[nH]c3ccccc13)N(C(C)C=O)CC2. The summed E-state index contributed by atoms with van der Waals surface area (Å²) in [5.41, 5.74) is 4.86. The van der Waals surface area contributed by atoms with E-state index in [-0.39, 0.29) is 12.1 Å². The standard InChI is InChI=1S/C23H26N2O3/c1-15(14-26)25-9-8-16-11-22(27-2)23(28-3)12-19(16)21(25)10-17-13-24-20-7-5-4-6-18(17)20/h4-7,11-15,21,24H,8-10H2,1-3H3. The van der Waals surface area contributed by atoms with E-state index in [1.54, 1.807) is 14.2 Å². The van der Waals surface area contributed by atoms with Crippen molar-refractivity contribution in [2.45, 2.75) is 31.8 Å². The van der Waals surface area contributed by atoms with E-state index in [0.29, 0.717) is 0 Å². The Bertz CT molecular complexity index is 995. The molecule has 1 N–H and O–H groups in total. The molecule has 2 unspecified atom stereocenters. The lowest BCUT2D eigenvalue weighted by Crippen LogP contribution is -2.43. The minimum Gasteiger partial charge on any atom is -0.493 e. The van der Waals surface area contributed by atoms with Crippen molar-refractivity contribution >= 4 is 17.2 Å². The highest BCUT2D eigenvalue weighted by molar-refractivity contribution is 5.83. The first-order chi connectivity index (χ1) is 13.7. The summed E-state index contributed by atoms with van der Waals surface area (Å²) in [4.78, 5) is 17.3. The van der Waals surface area contributed by atoms with Crippen molar-refractivity contribution in [2.24, 2.45) is 0 Å². The Balaban J connectivity index is 1.80. The molecule has 0 saturated heterocycles. The summed E-state index contributed by atoms with van der Waals surface area (Å²) in [6, 6.07) is 12.5. The van der Waals surface area contributed by atoms with Crippen LogP contribution in [-0.4, -0.2) is 43.0 Å². The molecule has 1 aliphatic rings. The van der Waals surface area contributed by atoms with Crippen LogP contribution < -0.4 is 9.47 Å². The molecule has 2 aromatic carbocycles. The fourth-order valence-electron chi connectivity index (χ4n) is 4.35. The van der Waals surface area contributed by atoms with Crippen LogP contribution in [-0.2, 0) is 17.6 Å². The smallest absolute Gasteiger partial charge is 0.161 e. The number of nitrogens with zero attached hydrogens (tertiary/aromatic N) is 1. The molecule has 0 bridgehead atoms. The van der Waals surface area contributed by atoms with Crippen LogP contribution in [0.5, 0.6) is 11.5 Å². The number of hydrogen-bond acceptors (Lipinski definition) is 4. The van der Waals surface area contributed by atoms with E-state index in [9.17, 15) is 4.79 Å². The highest BCUT2D eigenvalue weighted by atomic mass is 16.5. The Morgan fingerprint density at radius 1 is 1.21 bits per heavy atom. The lowest BCUT2D eigenvalue weighted by molar-refractivity contribution is -0.113. The van der Waals surface area contributed by atoms with Crippen molar-refractivity contribution in [2.75, 3.05) is 20.8 Å². The second-order valence-corrected chi connectivity index (χ2v) is 7.35. The summed E-state index contributed by atoms with van der Waals surface area (Å²) < 4.78 is 11.1. The molecule has 5 heteroatoms. The van der Waals surface area contributed by atoms with Crippen LogP contribution in [0.4, 0.5) is 0 Å². The van der Waals surface area contributed by atoms with Gasteiger partial charge in [0.05, 0.1) is 20.3 Å². The minimum atomic E-state index is -0.142. The Morgan fingerprint density at radius 2 is 1.96 bits per heavy atom. The Kier molecular flexibility index (Phi) is 5.09. The lowest BCUT2D eigenvalue weighted by Gasteiger charge is -2.39. The third kappa shape index (κ3) is 3.16. The number of aldehydes is 1. The first-order valence-corrected chi connectivity index (χ1v) is 9.67. The average molecular weight is 378 g/mol. The number of nitrogens with one attached hydrogen (secondary N) is 1. The van der Waals surface area contributed by atoms with E-state index in [4.69, 9.17) is 9.47 Å². The maximum Gasteiger partial charge on any atom is 0.161 e. The number of methoxy groups -OCH3 is 2. The highest BCUT2D eigenvalue weighted by Gasteiger charge is 2.32. The first kappa shape index (κ1) is 18.6. The van der Waals surface area contributed by atoms with Gasteiger partial charge >= 0.3 is 0 Å². The van der Waals surface area contributed by atoms with Crippen molar-refractivity contribution < 1.29 is 14.3 Å². The van der Waals surface area contributed by atoms with Gasteiger partial charge in [-0.25, -0.2) is 0 Å². The molecular weight excluding hydrogens is 352 g/mol. The number of benzene rings is 2. The molecule has 146 valence electrons. The summed E-state index contributed by atoms with van der Waals surface area (Å²) in [5, 5.41) is 1.23. The lowest BCUT2D eigenvalue weighted by atomic mass is 9.87. The average Bonchev–Trinajstić information content (AvgIpc) is 3.15. The largest absolute Gasteiger partial charge is 0.493 e. The molecule has 0 fully saturated rings. The van der Waals surface area contributed by atoms with Crippen LogP contribution in [0, 0.1) is 0 Å². The van der Waals surface area contributed by atoms with Gasteiger partial charge in [-0.3, -0.25) is 4.90 Å². The summed E-state index contributed by atoms with van der Waals surface area (Å²) >= 11 is 0. The zero-order chi connectivity index (χ0) is 19.7. The second-order valence-electron chi connectivity index (χ2n) is 7.35. The zero-order valence-corrected chi connectivity index (χ0v) is 16.6. The summed E-state index contributed by atoms with van der Waals surface area (Å²) in [7, 11) is 3.32. The van der Waals surface area contributed by atoms with Crippen molar-refractivity contribution in [3.63, 3.8) is 0 Å². The predicted octanol–water partition coefficient (Wildman–Crippen LogP) is 3.91. The quantitative estimate of drug-likeness (QED) is 0.661. The fourth-order valence-corrected chi connectivity index (χ4v) is 4.35. The maximum absolute atomic E-state index is 11.6. The number of hydrogen-bond donors (Lipinski definition) is 1. The number of aromatic amines is 1. The number of ether oxygens (including phenoxy) is 2. The van der Waals surface area contributed by atoms with Crippen molar-refractivity contribution in [1.29, 1.82) is 0 Å². The molecule has 4 rings (SSSR count). The van der Waals surface area contributed by atoms with Crippen LogP contribution in [0.3, 0.4) is 0 Å². The number of aromatic nitrogens is 1. The summed E-state index contributed by atoms with van der Waals surface area (Å²) in [5.74, 6) is 1.48. The highest BCUT2D eigenvalue weighted by Crippen LogP contribution is 2.40. The number of carbonyl (C=O) groups excluding carboxylic acids is 1. The molecule has 2 atom stereocenters. The van der Waals surface area contributed by atoms with Gasteiger partial charge in [-0.2, -0.15) is 0 Å². The zero-order valence-electron chi connectivity index (χ0n) is 16.6. The van der Waals surface area contributed by atoms with Gasteiger partial charge < -0.3 is 19.3 Å². The molecule has 5 nitrogen and oxygen atoms in total. The number of H-pyrrole nitrogens is 1. The van der Waals surface area contributed by atoms with E-state index in [1.807, 2.05) is 13.0 Å². The fraction of sp³-hybridized carbons (Fsp3) is 0.348. The van der Waals surface area contributed by atoms with Crippen molar-refractivity contribution in [1.82, 2.24) is 9.88 Å². The van der Waals surface area contributed by atoms with Crippen LogP contribution in [0.15, 0.2) is 42.6 Å². The molecule has 28 heavy (non-hydrogen) atoms. The Morgan fingerprint density at radius 3 is 2.71 bits per heavy atom. The topological polar surface area (TPSA) is 54.6 Å². The first-order valence-electron chi connectivity index (χ1n) is 9.67. The maximum atomic E-state index is 11.6. The molecule has 2 heterocycles. The Hall–Kier alpha value is -2.79. The molecule has 3 aromatic rings. The van der Waals surface area contributed by atoms with E-state index in [0.717, 1.165) is 42.7 Å². The van der Waals surface area contributed by atoms with Crippen LogP contribution in [0.1, 0.15) is 29.7 Å². The minimum absolute atomic E-state index is 0.1000. The van der Waals surface area contributed by atoms with Gasteiger partial charge in [0.25, 0.3) is 0 Å². The third-order valence-electron chi connectivity index (χ3n) is 5.85. The van der Waals surface area contributed by atoms with E-state index >= 15 is 0 Å². The molecular formula is C23H26N2O3. The van der Waals surface area contributed by atoms with Gasteiger partial charge in [0, 0.05) is 29.7 Å². The monoisotopic (exact) mass is 378 g/mol. The van der Waals surface area contributed by atoms with E-state index in [1.165, 1.54) is 22.1 Å². The van der Waals surface area contributed by atoms with E-state index < -0.39 is 0 Å². The summed E-state index contributed by atoms with van der Waals surface area (Å²) in [6.45, 7) is 2.82. The Labute approximate surface area is 165 Å². The number of carbonyl (C=O) groups is 1. The predicted molar refractivity (Wildman–Crippen MR) is 110 cm³/mol. The molecule has 1 aliphatic heterocycles. The molecule has 1 aromatic heterocycles. The molecule has 0 spiro atoms. The van der Waals surface area contributed by atoms with Gasteiger partial charge in [0.2, 0.25) is 0 Å². The van der Waals surface area contributed by atoms with Crippen LogP contribution >= 0.6 is 0 Å². The summed E-state index contributed by atoms with van der Waals surface area (Å²) in [6.07, 6.45) is 4.83. The molecule has 0 amide bonds. The van der Waals surface area contributed by atoms with Crippen molar-refractivity contribution in [3.05, 3.63) is 59.3 Å². The van der Waals surface area contributed by atoms with Crippen LogP contribution in [0.2, 0.25) is 0 Å². The van der Waals surface area contributed by atoms with Gasteiger partial charge in [-0.05, 0) is 54.7 Å². The normalized spacial score (nSPS) is 17.9. The van der Waals surface area contributed by atoms with Gasteiger partial charge in [-0.15, -0.1) is 0 Å². The second kappa shape index (κ2) is 7.68. The van der Waals surface area contributed by atoms with Gasteiger partial charge in [0.1, 0.15) is 6.29 Å². The number of rotatable bonds is 6. The number of fused-ring (bicyclic) bond motifs is 2. The van der Waals surface area contributed by atoms with Crippen molar-refractivity contribution in [3.8, 4) is 11.5 Å².